The third-order valence-corrected chi connectivity index (χ3v) is 3.88. The zero-order chi connectivity index (χ0) is 17.1. The SMILES string of the molecule is O=C1COc2cccc(CNCc3cnn(-c4ccccc4)n3)c2N1. The number of amides is 1. The molecule has 2 aromatic carbocycles. The molecular weight excluding hydrogens is 318 g/mol. The molecule has 7 heteroatoms. The highest BCUT2D eigenvalue weighted by atomic mass is 16.5. The largest absolute Gasteiger partial charge is 0.482 e. The Labute approximate surface area is 144 Å². The van der Waals surface area contributed by atoms with Crippen LogP contribution in [0.2, 0.25) is 0 Å². The Hall–Kier alpha value is -3.19. The number of aromatic nitrogens is 3. The van der Waals surface area contributed by atoms with Gasteiger partial charge >= 0.3 is 0 Å². The molecule has 0 radical (unpaired) electrons. The van der Waals surface area contributed by atoms with Gasteiger partial charge < -0.3 is 15.4 Å². The molecule has 0 atom stereocenters. The molecule has 25 heavy (non-hydrogen) atoms. The van der Waals surface area contributed by atoms with Crippen molar-refractivity contribution in [1.29, 1.82) is 0 Å². The van der Waals surface area contributed by atoms with Crippen LogP contribution in [0.15, 0.2) is 54.7 Å². The normalized spacial score (nSPS) is 13.0. The molecule has 0 saturated heterocycles. The average Bonchev–Trinajstić information content (AvgIpc) is 3.12. The summed E-state index contributed by atoms with van der Waals surface area (Å²) >= 11 is 0. The average molecular weight is 335 g/mol. The molecule has 7 nitrogen and oxygen atoms in total. The minimum atomic E-state index is -0.134. The van der Waals surface area contributed by atoms with Gasteiger partial charge in [0.1, 0.15) is 5.75 Å². The summed E-state index contributed by atoms with van der Waals surface area (Å²) in [6.07, 6.45) is 1.74. The predicted molar refractivity (Wildman–Crippen MR) is 92.5 cm³/mol. The number of ether oxygens (including phenoxy) is 1. The van der Waals surface area contributed by atoms with E-state index in [1.165, 1.54) is 0 Å². The predicted octanol–water partition coefficient (Wildman–Crippen LogP) is 1.89. The Morgan fingerprint density at radius 3 is 2.88 bits per heavy atom. The maximum Gasteiger partial charge on any atom is 0.262 e. The van der Waals surface area contributed by atoms with Crippen molar-refractivity contribution in [2.24, 2.45) is 0 Å². The number of rotatable bonds is 5. The number of fused-ring (bicyclic) bond motifs is 1. The van der Waals surface area contributed by atoms with Crippen molar-refractivity contribution in [3.05, 3.63) is 66.0 Å². The van der Waals surface area contributed by atoms with Crippen LogP contribution in [-0.2, 0) is 17.9 Å². The molecule has 126 valence electrons. The molecule has 0 unspecified atom stereocenters. The molecule has 0 aliphatic carbocycles. The first-order chi connectivity index (χ1) is 12.3. The third kappa shape index (κ3) is 3.36. The summed E-state index contributed by atoms with van der Waals surface area (Å²) in [6, 6.07) is 15.5. The molecular formula is C18H17N5O2. The summed E-state index contributed by atoms with van der Waals surface area (Å²) in [7, 11) is 0. The van der Waals surface area contributed by atoms with Crippen LogP contribution in [0.4, 0.5) is 5.69 Å². The standard InChI is InChI=1S/C18H17N5O2/c24-17-12-25-16-8-4-5-13(18(16)21-17)9-19-10-14-11-20-23(22-14)15-6-2-1-3-7-15/h1-8,11,19H,9-10,12H2,(H,21,24). The second kappa shape index (κ2) is 6.74. The van der Waals surface area contributed by atoms with Crippen molar-refractivity contribution in [2.45, 2.75) is 13.1 Å². The van der Waals surface area contributed by atoms with Crippen molar-refractivity contribution in [1.82, 2.24) is 20.3 Å². The van der Waals surface area contributed by atoms with Crippen LogP contribution in [-0.4, -0.2) is 27.5 Å². The Morgan fingerprint density at radius 2 is 2.00 bits per heavy atom. The molecule has 3 aromatic rings. The lowest BCUT2D eigenvalue weighted by Crippen LogP contribution is -2.27. The molecule has 0 saturated carbocycles. The monoisotopic (exact) mass is 335 g/mol. The van der Waals surface area contributed by atoms with Gasteiger partial charge in [0.25, 0.3) is 5.91 Å². The van der Waals surface area contributed by atoms with E-state index in [0.29, 0.717) is 18.8 Å². The Kier molecular flexibility index (Phi) is 4.14. The molecule has 1 aliphatic heterocycles. The van der Waals surface area contributed by atoms with E-state index in [0.717, 1.165) is 22.6 Å². The zero-order valence-corrected chi connectivity index (χ0v) is 13.5. The van der Waals surface area contributed by atoms with Gasteiger partial charge in [0.2, 0.25) is 0 Å². The molecule has 2 N–H and O–H groups in total. The van der Waals surface area contributed by atoms with E-state index in [2.05, 4.69) is 20.8 Å². The van der Waals surface area contributed by atoms with Crippen LogP contribution in [0.5, 0.6) is 5.75 Å². The number of hydrogen-bond acceptors (Lipinski definition) is 5. The number of benzene rings is 2. The number of anilines is 1. The van der Waals surface area contributed by atoms with E-state index >= 15 is 0 Å². The van der Waals surface area contributed by atoms with E-state index in [1.54, 1.807) is 11.0 Å². The summed E-state index contributed by atoms with van der Waals surface area (Å²) < 4.78 is 5.43. The number of nitrogens with one attached hydrogen (secondary N) is 2. The van der Waals surface area contributed by atoms with Gasteiger partial charge in [-0.15, -0.1) is 0 Å². The first kappa shape index (κ1) is 15.3. The Balaban J connectivity index is 1.41. The topological polar surface area (TPSA) is 81.1 Å². The maximum absolute atomic E-state index is 11.5. The number of nitrogens with zero attached hydrogens (tertiary/aromatic N) is 3. The van der Waals surface area contributed by atoms with Gasteiger partial charge in [0, 0.05) is 13.1 Å². The number of para-hydroxylation sites is 2. The second-order valence-corrected chi connectivity index (χ2v) is 5.69. The fourth-order valence-corrected chi connectivity index (χ4v) is 2.69. The number of carbonyl (C=O) groups is 1. The summed E-state index contributed by atoms with van der Waals surface area (Å²) in [6.45, 7) is 1.22. The van der Waals surface area contributed by atoms with Crippen LogP contribution in [0.1, 0.15) is 11.3 Å². The second-order valence-electron chi connectivity index (χ2n) is 5.69. The number of hydrogen-bond donors (Lipinski definition) is 2. The van der Waals surface area contributed by atoms with Crippen molar-refractivity contribution in [2.75, 3.05) is 11.9 Å². The van der Waals surface area contributed by atoms with Gasteiger partial charge in [0.05, 0.1) is 23.3 Å². The lowest BCUT2D eigenvalue weighted by molar-refractivity contribution is -0.118. The molecule has 0 bridgehead atoms. The molecule has 1 aromatic heterocycles. The molecule has 0 fully saturated rings. The molecule has 1 aliphatic rings. The van der Waals surface area contributed by atoms with Crippen LogP contribution >= 0.6 is 0 Å². The molecule has 2 heterocycles. The van der Waals surface area contributed by atoms with Crippen LogP contribution in [0, 0.1) is 0 Å². The third-order valence-electron chi connectivity index (χ3n) is 3.88. The van der Waals surface area contributed by atoms with Crippen molar-refractivity contribution in [3.63, 3.8) is 0 Å². The highest BCUT2D eigenvalue weighted by Crippen LogP contribution is 2.30. The van der Waals surface area contributed by atoms with Crippen molar-refractivity contribution >= 4 is 11.6 Å². The summed E-state index contributed by atoms with van der Waals surface area (Å²) in [5, 5.41) is 14.9. The highest BCUT2D eigenvalue weighted by Gasteiger charge is 2.18. The molecule has 1 amide bonds. The summed E-state index contributed by atoms with van der Waals surface area (Å²) in [4.78, 5) is 13.1. The van der Waals surface area contributed by atoms with Gasteiger partial charge in [-0.25, -0.2) is 0 Å². The van der Waals surface area contributed by atoms with E-state index in [9.17, 15) is 4.79 Å². The fourth-order valence-electron chi connectivity index (χ4n) is 2.69. The van der Waals surface area contributed by atoms with Gasteiger partial charge in [0.15, 0.2) is 6.61 Å². The van der Waals surface area contributed by atoms with Crippen LogP contribution in [0.25, 0.3) is 5.69 Å². The first-order valence-electron chi connectivity index (χ1n) is 8.01. The highest BCUT2D eigenvalue weighted by molar-refractivity contribution is 5.96. The number of carbonyl (C=O) groups excluding carboxylic acids is 1. The van der Waals surface area contributed by atoms with Gasteiger partial charge in [-0.05, 0) is 23.8 Å². The van der Waals surface area contributed by atoms with E-state index in [4.69, 9.17) is 4.74 Å². The van der Waals surface area contributed by atoms with Gasteiger partial charge in [-0.3, -0.25) is 4.79 Å². The fraction of sp³-hybridized carbons (Fsp3) is 0.167. The van der Waals surface area contributed by atoms with E-state index in [1.807, 2.05) is 48.5 Å². The van der Waals surface area contributed by atoms with Crippen molar-refractivity contribution < 1.29 is 9.53 Å². The van der Waals surface area contributed by atoms with Crippen LogP contribution < -0.4 is 15.4 Å². The Morgan fingerprint density at radius 1 is 1.12 bits per heavy atom. The minimum absolute atomic E-state index is 0.0620. The minimum Gasteiger partial charge on any atom is -0.482 e. The van der Waals surface area contributed by atoms with Crippen LogP contribution in [0.3, 0.4) is 0 Å². The Bertz CT molecular complexity index is 891. The molecule has 0 spiro atoms. The lowest BCUT2D eigenvalue weighted by Gasteiger charge is -2.20. The zero-order valence-electron chi connectivity index (χ0n) is 13.5. The molecule has 4 rings (SSSR count). The van der Waals surface area contributed by atoms with Gasteiger partial charge in [-0.2, -0.15) is 15.0 Å². The van der Waals surface area contributed by atoms with E-state index < -0.39 is 0 Å². The maximum atomic E-state index is 11.5. The summed E-state index contributed by atoms with van der Waals surface area (Å²) in [5.41, 5.74) is 3.47. The first-order valence-corrected chi connectivity index (χ1v) is 8.01. The van der Waals surface area contributed by atoms with E-state index in [-0.39, 0.29) is 12.5 Å². The quantitative estimate of drug-likeness (QED) is 0.744. The lowest BCUT2D eigenvalue weighted by atomic mass is 10.1. The smallest absolute Gasteiger partial charge is 0.262 e. The van der Waals surface area contributed by atoms with Crippen molar-refractivity contribution in [3.8, 4) is 11.4 Å². The summed E-state index contributed by atoms with van der Waals surface area (Å²) in [5.74, 6) is 0.569. The van der Waals surface area contributed by atoms with Gasteiger partial charge in [-0.1, -0.05) is 30.3 Å².